The fourth-order valence-corrected chi connectivity index (χ4v) is 1.37. The van der Waals surface area contributed by atoms with E-state index in [1.165, 1.54) is 0 Å². The number of nitrogens with two attached hydrogens (primary N) is 1. The molecule has 2 aromatic rings. The zero-order chi connectivity index (χ0) is 10.8. The minimum Gasteiger partial charge on any atom is -0.384 e. The Labute approximate surface area is 88.8 Å². The molecule has 0 aliphatic carbocycles. The van der Waals surface area contributed by atoms with E-state index in [4.69, 9.17) is 5.73 Å². The van der Waals surface area contributed by atoms with Crippen LogP contribution in [0.5, 0.6) is 0 Å². The highest BCUT2D eigenvalue weighted by atomic mass is 15.3. The maximum absolute atomic E-state index is 5.61. The molecular weight excluding hydrogens is 188 g/mol. The van der Waals surface area contributed by atoms with E-state index in [0.29, 0.717) is 11.7 Å². The van der Waals surface area contributed by atoms with Crippen molar-refractivity contribution in [3.63, 3.8) is 0 Å². The third-order valence-electron chi connectivity index (χ3n) is 2.23. The highest BCUT2D eigenvalue weighted by molar-refractivity contribution is 5.40. The minimum atomic E-state index is 0.436. The van der Waals surface area contributed by atoms with Crippen LogP contribution in [0.4, 0.5) is 5.82 Å². The van der Waals surface area contributed by atoms with Crippen LogP contribution in [-0.2, 0) is 0 Å². The summed E-state index contributed by atoms with van der Waals surface area (Å²) in [6, 6.07) is 5.70. The Bertz CT molecular complexity index is 459. The molecule has 0 fully saturated rings. The molecule has 0 saturated heterocycles. The first-order chi connectivity index (χ1) is 7.16. The smallest absolute Gasteiger partial charge is 0.125 e. The molecule has 2 aromatic heterocycles. The SMILES string of the molecule is CC(C)c1ccn(-c2ccnc(N)c2)n1. The summed E-state index contributed by atoms with van der Waals surface area (Å²) in [6.07, 6.45) is 3.62. The van der Waals surface area contributed by atoms with E-state index in [1.807, 2.05) is 23.0 Å². The predicted molar refractivity (Wildman–Crippen MR) is 59.9 cm³/mol. The van der Waals surface area contributed by atoms with Crippen molar-refractivity contribution in [2.24, 2.45) is 0 Å². The van der Waals surface area contributed by atoms with Crippen LogP contribution in [0.1, 0.15) is 25.5 Å². The average molecular weight is 202 g/mol. The number of anilines is 1. The third-order valence-corrected chi connectivity index (χ3v) is 2.23. The molecule has 0 spiro atoms. The molecule has 2 N–H and O–H groups in total. The molecule has 0 aliphatic rings. The molecule has 0 unspecified atom stereocenters. The standard InChI is InChI=1S/C11H14N4/c1-8(2)10-4-6-15(14-10)9-3-5-13-11(12)7-9/h3-8H,1-2H3,(H2,12,13). The molecule has 0 bridgehead atoms. The van der Waals surface area contributed by atoms with Crippen molar-refractivity contribution in [1.82, 2.24) is 14.8 Å². The van der Waals surface area contributed by atoms with Crippen LogP contribution in [0.2, 0.25) is 0 Å². The van der Waals surface area contributed by atoms with Crippen molar-refractivity contribution in [2.45, 2.75) is 19.8 Å². The minimum absolute atomic E-state index is 0.436. The number of nitrogen functional groups attached to an aromatic ring is 1. The number of nitrogens with zero attached hydrogens (tertiary/aromatic N) is 3. The lowest BCUT2D eigenvalue weighted by Gasteiger charge is -2.02. The van der Waals surface area contributed by atoms with Crippen LogP contribution in [0.25, 0.3) is 5.69 Å². The van der Waals surface area contributed by atoms with Gasteiger partial charge in [-0.2, -0.15) is 5.10 Å². The Morgan fingerprint density at radius 3 is 2.73 bits per heavy atom. The molecule has 0 saturated carbocycles. The predicted octanol–water partition coefficient (Wildman–Crippen LogP) is 1.97. The van der Waals surface area contributed by atoms with E-state index in [9.17, 15) is 0 Å². The van der Waals surface area contributed by atoms with Gasteiger partial charge in [-0.1, -0.05) is 13.8 Å². The van der Waals surface area contributed by atoms with Crippen LogP contribution in [-0.4, -0.2) is 14.8 Å². The zero-order valence-electron chi connectivity index (χ0n) is 8.88. The van der Waals surface area contributed by atoms with Gasteiger partial charge in [0, 0.05) is 18.5 Å². The summed E-state index contributed by atoms with van der Waals surface area (Å²) >= 11 is 0. The lowest BCUT2D eigenvalue weighted by Crippen LogP contribution is -1.99. The van der Waals surface area contributed by atoms with Crippen LogP contribution >= 0.6 is 0 Å². The fraction of sp³-hybridized carbons (Fsp3) is 0.273. The molecule has 4 nitrogen and oxygen atoms in total. The molecule has 2 heterocycles. The van der Waals surface area contributed by atoms with Crippen molar-refractivity contribution in [3.8, 4) is 5.69 Å². The quantitative estimate of drug-likeness (QED) is 0.810. The van der Waals surface area contributed by atoms with Crippen LogP contribution in [0, 0.1) is 0 Å². The molecular formula is C11H14N4. The van der Waals surface area contributed by atoms with E-state index >= 15 is 0 Å². The second-order valence-electron chi connectivity index (χ2n) is 3.78. The third kappa shape index (κ3) is 1.98. The van der Waals surface area contributed by atoms with Gasteiger partial charge in [0.25, 0.3) is 0 Å². The van der Waals surface area contributed by atoms with Crippen molar-refractivity contribution in [3.05, 3.63) is 36.3 Å². The average Bonchev–Trinajstić information content (AvgIpc) is 2.66. The number of hydrogen-bond donors (Lipinski definition) is 1. The summed E-state index contributed by atoms with van der Waals surface area (Å²) in [6.45, 7) is 4.24. The molecule has 78 valence electrons. The normalized spacial score (nSPS) is 10.9. The van der Waals surface area contributed by atoms with Crippen molar-refractivity contribution >= 4 is 5.82 Å². The van der Waals surface area contributed by atoms with Gasteiger partial charge in [-0.25, -0.2) is 9.67 Å². The van der Waals surface area contributed by atoms with Crippen molar-refractivity contribution in [1.29, 1.82) is 0 Å². The Hall–Kier alpha value is -1.84. The molecule has 2 rings (SSSR count). The second-order valence-corrected chi connectivity index (χ2v) is 3.78. The molecule has 0 atom stereocenters. The highest BCUT2D eigenvalue weighted by Crippen LogP contribution is 2.14. The first kappa shape index (κ1) is 9.71. The molecule has 0 aliphatic heterocycles. The van der Waals surface area contributed by atoms with Crippen LogP contribution < -0.4 is 5.73 Å². The second kappa shape index (κ2) is 3.73. The molecule has 0 radical (unpaired) electrons. The first-order valence-electron chi connectivity index (χ1n) is 4.94. The van der Waals surface area contributed by atoms with Gasteiger partial charge in [-0.15, -0.1) is 0 Å². The lowest BCUT2D eigenvalue weighted by molar-refractivity contribution is 0.768. The summed E-state index contributed by atoms with van der Waals surface area (Å²) in [4.78, 5) is 3.94. The van der Waals surface area contributed by atoms with Crippen LogP contribution in [0.15, 0.2) is 30.6 Å². The van der Waals surface area contributed by atoms with E-state index in [0.717, 1.165) is 11.4 Å². The van der Waals surface area contributed by atoms with Crippen LogP contribution in [0.3, 0.4) is 0 Å². The molecule has 15 heavy (non-hydrogen) atoms. The summed E-state index contributed by atoms with van der Waals surface area (Å²) in [5.74, 6) is 0.944. The lowest BCUT2D eigenvalue weighted by atomic mass is 10.1. The highest BCUT2D eigenvalue weighted by Gasteiger charge is 2.04. The van der Waals surface area contributed by atoms with Crippen molar-refractivity contribution in [2.75, 3.05) is 5.73 Å². The van der Waals surface area contributed by atoms with E-state index in [-0.39, 0.29) is 0 Å². The summed E-state index contributed by atoms with van der Waals surface area (Å²) in [5, 5.41) is 4.45. The molecule has 0 amide bonds. The Morgan fingerprint density at radius 2 is 2.13 bits per heavy atom. The zero-order valence-corrected chi connectivity index (χ0v) is 8.88. The summed E-state index contributed by atoms with van der Waals surface area (Å²) in [7, 11) is 0. The van der Waals surface area contributed by atoms with Gasteiger partial charge in [0.05, 0.1) is 11.4 Å². The number of rotatable bonds is 2. The maximum atomic E-state index is 5.61. The van der Waals surface area contributed by atoms with Gasteiger partial charge in [0.2, 0.25) is 0 Å². The van der Waals surface area contributed by atoms with Gasteiger partial charge in [-0.3, -0.25) is 0 Å². The monoisotopic (exact) mass is 202 g/mol. The summed E-state index contributed by atoms with van der Waals surface area (Å²) in [5.41, 5.74) is 7.62. The van der Waals surface area contributed by atoms with E-state index in [2.05, 4.69) is 23.9 Å². The van der Waals surface area contributed by atoms with Crippen molar-refractivity contribution < 1.29 is 0 Å². The Balaban J connectivity index is 2.37. The van der Waals surface area contributed by atoms with E-state index < -0.39 is 0 Å². The van der Waals surface area contributed by atoms with Gasteiger partial charge in [0.15, 0.2) is 0 Å². The first-order valence-corrected chi connectivity index (χ1v) is 4.94. The van der Waals surface area contributed by atoms with E-state index in [1.54, 1.807) is 12.3 Å². The Kier molecular flexibility index (Phi) is 2.41. The maximum Gasteiger partial charge on any atom is 0.125 e. The Morgan fingerprint density at radius 1 is 1.33 bits per heavy atom. The van der Waals surface area contributed by atoms with Gasteiger partial charge < -0.3 is 5.73 Å². The van der Waals surface area contributed by atoms with Gasteiger partial charge >= 0.3 is 0 Å². The molecule has 0 aromatic carbocycles. The number of aromatic nitrogens is 3. The fourth-order valence-electron chi connectivity index (χ4n) is 1.37. The number of pyridine rings is 1. The largest absolute Gasteiger partial charge is 0.384 e. The number of hydrogen-bond acceptors (Lipinski definition) is 3. The van der Waals surface area contributed by atoms with Gasteiger partial charge in [-0.05, 0) is 18.1 Å². The topological polar surface area (TPSA) is 56.7 Å². The summed E-state index contributed by atoms with van der Waals surface area (Å²) < 4.78 is 1.81. The molecule has 4 heteroatoms. The van der Waals surface area contributed by atoms with Gasteiger partial charge in [0.1, 0.15) is 5.82 Å².